The van der Waals surface area contributed by atoms with Crippen LogP contribution in [0, 0.1) is 0 Å². The first kappa shape index (κ1) is 12.5. The van der Waals surface area contributed by atoms with Crippen molar-refractivity contribution in [2.75, 3.05) is 6.61 Å². The van der Waals surface area contributed by atoms with Gasteiger partial charge in [0.25, 0.3) is 0 Å². The molecule has 0 saturated carbocycles. The Hall–Kier alpha value is -1.91. The summed E-state index contributed by atoms with van der Waals surface area (Å²) in [7, 11) is 0. The van der Waals surface area contributed by atoms with Crippen molar-refractivity contribution in [1.82, 2.24) is 14.6 Å². The zero-order valence-electron chi connectivity index (χ0n) is 11.1. The molecule has 0 spiro atoms. The van der Waals surface area contributed by atoms with Gasteiger partial charge in [0.05, 0.1) is 18.5 Å². The SMILES string of the molecule is CCOC(=O)c1cnc2ccc(C(C)(C)C)nn12. The Labute approximate surface area is 106 Å². The van der Waals surface area contributed by atoms with Crippen LogP contribution in [-0.2, 0) is 10.2 Å². The number of rotatable bonds is 2. The van der Waals surface area contributed by atoms with Crippen LogP contribution < -0.4 is 0 Å². The second kappa shape index (κ2) is 4.40. The Morgan fingerprint density at radius 1 is 1.39 bits per heavy atom. The van der Waals surface area contributed by atoms with Gasteiger partial charge in [0.1, 0.15) is 0 Å². The molecule has 0 radical (unpaired) electrons. The summed E-state index contributed by atoms with van der Waals surface area (Å²) in [6.45, 7) is 8.33. The highest BCUT2D eigenvalue weighted by molar-refractivity contribution is 5.88. The Bertz CT molecular complexity index is 581. The zero-order chi connectivity index (χ0) is 13.3. The largest absolute Gasteiger partial charge is 0.461 e. The van der Waals surface area contributed by atoms with Crippen LogP contribution in [0.25, 0.3) is 5.65 Å². The molecular weight excluding hydrogens is 230 g/mol. The van der Waals surface area contributed by atoms with Gasteiger partial charge in [-0.05, 0) is 19.1 Å². The molecule has 5 nitrogen and oxygen atoms in total. The highest BCUT2D eigenvalue weighted by Crippen LogP contribution is 2.20. The molecule has 18 heavy (non-hydrogen) atoms. The van der Waals surface area contributed by atoms with E-state index in [0.717, 1.165) is 5.69 Å². The standard InChI is InChI=1S/C13H17N3O2/c1-5-18-12(17)9-8-14-11-7-6-10(13(2,3)4)15-16(9)11/h6-8H,5H2,1-4H3. The maximum Gasteiger partial charge on any atom is 0.358 e. The van der Waals surface area contributed by atoms with Gasteiger partial charge < -0.3 is 4.74 Å². The lowest BCUT2D eigenvalue weighted by Gasteiger charge is -2.17. The van der Waals surface area contributed by atoms with Gasteiger partial charge in [-0.25, -0.2) is 14.3 Å². The third-order valence-corrected chi connectivity index (χ3v) is 2.62. The molecule has 2 heterocycles. The van der Waals surface area contributed by atoms with E-state index in [0.29, 0.717) is 17.9 Å². The van der Waals surface area contributed by atoms with E-state index in [1.807, 2.05) is 12.1 Å². The van der Waals surface area contributed by atoms with E-state index in [2.05, 4.69) is 30.9 Å². The fourth-order valence-electron chi connectivity index (χ4n) is 1.62. The number of aromatic nitrogens is 3. The molecule has 0 N–H and O–H groups in total. The lowest BCUT2D eigenvalue weighted by atomic mass is 9.92. The maximum atomic E-state index is 11.8. The average molecular weight is 247 g/mol. The second-order valence-electron chi connectivity index (χ2n) is 5.10. The number of carbonyl (C=O) groups excluding carboxylic acids is 1. The third kappa shape index (κ3) is 2.20. The second-order valence-corrected chi connectivity index (χ2v) is 5.10. The van der Waals surface area contributed by atoms with Gasteiger partial charge in [-0.2, -0.15) is 5.10 Å². The molecular formula is C13H17N3O2. The lowest BCUT2D eigenvalue weighted by Crippen LogP contribution is -2.17. The minimum atomic E-state index is -0.399. The minimum Gasteiger partial charge on any atom is -0.461 e. The molecule has 0 unspecified atom stereocenters. The molecule has 5 heteroatoms. The van der Waals surface area contributed by atoms with Gasteiger partial charge in [0.2, 0.25) is 0 Å². The minimum absolute atomic E-state index is 0.0790. The van der Waals surface area contributed by atoms with Crippen molar-refractivity contribution in [1.29, 1.82) is 0 Å². The number of hydrogen-bond donors (Lipinski definition) is 0. The molecule has 0 aliphatic rings. The number of imidazole rings is 1. The maximum absolute atomic E-state index is 11.8. The Morgan fingerprint density at radius 2 is 2.11 bits per heavy atom. The van der Waals surface area contributed by atoms with Crippen LogP contribution in [0.2, 0.25) is 0 Å². The van der Waals surface area contributed by atoms with E-state index in [1.54, 1.807) is 11.4 Å². The highest BCUT2D eigenvalue weighted by Gasteiger charge is 2.19. The van der Waals surface area contributed by atoms with Crippen molar-refractivity contribution in [2.45, 2.75) is 33.1 Å². The monoisotopic (exact) mass is 247 g/mol. The summed E-state index contributed by atoms with van der Waals surface area (Å²) >= 11 is 0. The van der Waals surface area contributed by atoms with Gasteiger partial charge in [0.15, 0.2) is 11.3 Å². The van der Waals surface area contributed by atoms with E-state index in [4.69, 9.17) is 4.74 Å². The van der Waals surface area contributed by atoms with Gasteiger partial charge in [-0.3, -0.25) is 0 Å². The van der Waals surface area contributed by atoms with Crippen LogP contribution in [0.3, 0.4) is 0 Å². The highest BCUT2D eigenvalue weighted by atomic mass is 16.5. The van der Waals surface area contributed by atoms with Gasteiger partial charge in [0, 0.05) is 5.41 Å². The van der Waals surface area contributed by atoms with Gasteiger partial charge in [-0.15, -0.1) is 0 Å². The molecule has 2 rings (SSSR count). The number of hydrogen-bond acceptors (Lipinski definition) is 4. The smallest absolute Gasteiger partial charge is 0.358 e. The summed E-state index contributed by atoms with van der Waals surface area (Å²) in [6, 6.07) is 3.79. The fourth-order valence-corrected chi connectivity index (χ4v) is 1.62. The number of fused-ring (bicyclic) bond motifs is 1. The van der Waals surface area contributed by atoms with Crippen molar-refractivity contribution in [3.63, 3.8) is 0 Å². The normalized spacial score (nSPS) is 11.8. The summed E-state index contributed by atoms with van der Waals surface area (Å²) in [5.41, 5.74) is 1.83. The molecule has 0 aliphatic carbocycles. The van der Waals surface area contributed by atoms with Crippen LogP contribution in [0.5, 0.6) is 0 Å². The van der Waals surface area contributed by atoms with Crippen molar-refractivity contribution < 1.29 is 9.53 Å². The molecule has 0 saturated heterocycles. The number of ether oxygens (including phenoxy) is 1. The quantitative estimate of drug-likeness (QED) is 0.763. The van der Waals surface area contributed by atoms with Crippen LogP contribution >= 0.6 is 0 Å². The fraction of sp³-hybridized carbons (Fsp3) is 0.462. The van der Waals surface area contributed by atoms with E-state index in [9.17, 15) is 4.79 Å². The van der Waals surface area contributed by atoms with Crippen LogP contribution in [-0.4, -0.2) is 27.2 Å². The van der Waals surface area contributed by atoms with E-state index >= 15 is 0 Å². The van der Waals surface area contributed by atoms with E-state index in [-0.39, 0.29) is 5.41 Å². The van der Waals surface area contributed by atoms with Crippen LogP contribution in [0.4, 0.5) is 0 Å². The summed E-state index contributed by atoms with van der Waals surface area (Å²) < 4.78 is 6.52. The third-order valence-electron chi connectivity index (χ3n) is 2.62. The van der Waals surface area contributed by atoms with E-state index in [1.165, 1.54) is 6.20 Å². The molecule has 2 aromatic rings. The molecule has 0 amide bonds. The van der Waals surface area contributed by atoms with Crippen molar-refractivity contribution in [3.05, 3.63) is 29.7 Å². The molecule has 96 valence electrons. The number of carbonyl (C=O) groups is 1. The average Bonchev–Trinajstić information content (AvgIpc) is 2.70. The lowest BCUT2D eigenvalue weighted by molar-refractivity contribution is 0.0516. The number of esters is 1. The first-order valence-corrected chi connectivity index (χ1v) is 5.96. The molecule has 0 aliphatic heterocycles. The van der Waals surface area contributed by atoms with Crippen molar-refractivity contribution >= 4 is 11.6 Å². The van der Waals surface area contributed by atoms with Crippen LogP contribution in [0.1, 0.15) is 43.9 Å². The summed E-state index contributed by atoms with van der Waals surface area (Å²) in [6.07, 6.45) is 1.49. The molecule has 0 bridgehead atoms. The van der Waals surface area contributed by atoms with Gasteiger partial charge >= 0.3 is 5.97 Å². The summed E-state index contributed by atoms with van der Waals surface area (Å²) in [5.74, 6) is -0.399. The molecule has 0 aromatic carbocycles. The van der Waals surface area contributed by atoms with E-state index < -0.39 is 5.97 Å². The van der Waals surface area contributed by atoms with Crippen molar-refractivity contribution in [2.24, 2.45) is 0 Å². The molecule has 2 aromatic heterocycles. The predicted molar refractivity (Wildman–Crippen MR) is 67.6 cm³/mol. The Balaban J connectivity index is 2.53. The Morgan fingerprint density at radius 3 is 2.72 bits per heavy atom. The summed E-state index contributed by atoms with van der Waals surface area (Å²) in [5, 5.41) is 4.46. The van der Waals surface area contributed by atoms with Crippen LogP contribution in [0.15, 0.2) is 18.3 Å². The first-order chi connectivity index (χ1) is 8.43. The topological polar surface area (TPSA) is 56.5 Å². The van der Waals surface area contributed by atoms with Crippen molar-refractivity contribution in [3.8, 4) is 0 Å². The molecule has 0 fully saturated rings. The molecule has 0 atom stereocenters. The predicted octanol–water partition coefficient (Wildman–Crippen LogP) is 2.20. The zero-order valence-corrected chi connectivity index (χ0v) is 11.1. The summed E-state index contributed by atoms with van der Waals surface area (Å²) in [4.78, 5) is 15.9. The first-order valence-electron chi connectivity index (χ1n) is 5.96. The number of nitrogens with zero attached hydrogens (tertiary/aromatic N) is 3. The Kier molecular flexibility index (Phi) is 3.07. The van der Waals surface area contributed by atoms with Gasteiger partial charge in [-0.1, -0.05) is 20.8 Å².